The minimum absolute atomic E-state index is 0.553. The van der Waals surface area contributed by atoms with Crippen LogP contribution in [0.4, 0.5) is 0 Å². The van der Waals surface area contributed by atoms with Crippen molar-refractivity contribution >= 4 is 0 Å². The molecule has 1 heterocycles. The van der Waals surface area contributed by atoms with Crippen molar-refractivity contribution in [3.8, 4) is 0 Å². The first-order valence-corrected chi connectivity index (χ1v) is 6.78. The highest BCUT2D eigenvalue weighted by Gasteiger charge is 2.14. The number of nitrogens with one attached hydrogen (secondary N) is 2. The lowest BCUT2D eigenvalue weighted by Gasteiger charge is -2.23. The monoisotopic (exact) mass is 232 g/mol. The Labute approximate surface area is 105 Å². The molecule has 0 aromatic heterocycles. The Morgan fingerprint density at radius 2 is 2.06 bits per heavy atom. The summed E-state index contributed by atoms with van der Waals surface area (Å²) in [6.45, 7) is 7.70. The van der Waals surface area contributed by atoms with Gasteiger partial charge in [0.25, 0.3) is 0 Å². The van der Waals surface area contributed by atoms with Gasteiger partial charge in [-0.05, 0) is 43.0 Å². The van der Waals surface area contributed by atoms with Gasteiger partial charge in [-0.15, -0.1) is 0 Å². The summed E-state index contributed by atoms with van der Waals surface area (Å²) in [6.07, 6.45) is 2.56. The summed E-state index contributed by atoms with van der Waals surface area (Å²) in [4.78, 5) is 0. The molecule has 0 saturated carbocycles. The summed E-state index contributed by atoms with van der Waals surface area (Å²) in [7, 11) is 0. The zero-order valence-corrected chi connectivity index (χ0v) is 11.0. The molecule has 0 aliphatic carbocycles. The van der Waals surface area contributed by atoms with Gasteiger partial charge in [0.05, 0.1) is 0 Å². The summed E-state index contributed by atoms with van der Waals surface area (Å²) in [5, 5.41) is 6.91. The van der Waals surface area contributed by atoms with Crippen LogP contribution in [0.15, 0.2) is 24.3 Å². The van der Waals surface area contributed by atoms with Gasteiger partial charge in [0, 0.05) is 12.6 Å². The molecule has 0 bridgehead atoms. The zero-order chi connectivity index (χ0) is 12.1. The minimum Gasteiger partial charge on any atom is -0.317 e. The molecule has 0 amide bonds. The first kappa shape index (κ1) is 12.6. The van der Waals surface area contributed by atoms with Gasteiger partial charge in [0.1, 0.15) is 0 Å². The Balaban J connectivity index is 2.00. The highest BCUT2D eigenvalue weighted by atomic mass is 14.9. The van der Waals surface area contributed by atoms with E-state index in [1.165, 1.54) is 37.1 Å². The molecule has 1 saturated heterocycles. The van der Waals surface area contributed by atoms with Crippen LogP contribution in [0.2, 0.25) is 0 Å². The smallest absolute Gasteiger partial charge is 0.0207 e. The Morgan fingerprint density at radius 1 is 1.29 bits per heavy atom. The molecule has 0 spiro atoms. The third-order valence-corrected chi connectivity index (χ3v) is 3.48. The van der Waals surface area contributed by atoms with Gasteiger partial charge in [-0.1, -0.05) is 38.1 Å². The molecule has 1 aromatic carbocycles. The molecule has 1 aromatic rings. The number of benzene rings is 1. The average molecular weight is 232 g/mol. The number of rotatable bonds is 4. The fourth-order valence-corrected chi connectivity index (χ4v) is 2.43. The van der Waals surface area contributed by atoms with Crippen molar-refractivity contribution in [3.63, 3.8) is 0 Å². The Morgan fingerprint density at radius 3 is 2.76 bits per heavy atom. The van der Waals surface area contributed by atoms with Crippen LogP contribution < -0.4 is 10.6 Å². The second kappa shape index (κ2) is 6.18. The SMILES string of the molecule is CC(C)NCc1cccc(C2CCNCC2)c1. The molecule has 0 atom stereocenters. The molecule has 1 aliphatic rings. The molecule has 94 valence electrons. The largest absolute Gasteiger partial charge is 0.317 e. The first-order valence-electron chi connectivity index (χ1n) is 6.78. The van der Waals surface area contributed by atoms with Crippen molar-refractivity contribution in [1.29, 1.82) is 0 Å². The second-order valence-corrected chi connectivity index (χ2v) is 5.30. The van der Waals surface area contributed by atoms with Gasteiger partial charge >= 0.3 is 0 Å². The van der Waals surface area contributed by atoms with Crippen molar-refractivity contribution in [2.75, 3.05) is 13.1 Å². The molecule has 0 unspecified atom stereocenters. The Hall–Kier alpha value is -0.860. The third-order valence-electron chi connectivity index (χ3n) is 3.48. The van der Waals surface area contributed by atoms with Crippen LogP contribution in [0.1, 0.15) is 43.7 Å². The lowest BCUT2D eigenvalue weighted by atomic mass is 9.89. The number of hydrogen-bond donors (Lipinski definition) is 2. The Kier molecular flexibility index (Phi) is 4.57. The van der Waals surface area contributed by atoms with E-state index in [2.05, 4.69) is 48.7 Å². The topological polar surface area (TPSA) is 24.1 Å². The first-order chi connectivity index (χ1) is 8.25. The summed E-state index contributed by atoms with van der Waals surface area (Å²) >= 11 is 0. The predicted octanol–water partition coefficient (Wildman–Crippen LogP) is 2.65. The van der Waals surface area contributed by atoms with E-state index < -0.39 is 0 Å². The number of hydrogen-bond acceptors (Lipinski definition) is 2. The van der Waals surface area contributed by atoms with E-state index in [4.69, 9.17) is 0 Å². The van der Waals surface area contributed by atoms with Crippen molar-refractivity contribution in [2.24, 2.45) is 0 Å². The highest BCUT2D eigenvalue weighted by molar-refractivity contribution is 5.26. The maximum absolute atomic E-state index is 3.48. The molecular formula is C15H24N2. The molecule has 2 rings (SSSR count). The lowest BCUT2D eigenvalue weighted by Crippen LogP contribution is -2.26. The third kappa shape index (κ3) is 3.83. The molecule has 2 N–H and O–H groups in total. The Bertz CT molecular complexity index is 341. The van der Waals surface area contributed by atoms with Crippen molar-refractivity contribution in [2.45, 2.75) is 45.2 Å². The maximum Gasteiger partial charge on any atom is 0.0207 e. The van der Waals surface area contributed by atoms with E-state index in [9.17, 15) is 0 Å². The van der Waals surface area contributed by atoms with Gasteiger partial charge in [0.15, 0.2) is 0 Å². The standard InChI is InChI=1S/C15H24N2/c1-12(2)17-11-13-4-3-5-15(10-13)14-6-8-16-9-7-14/h3-5,10,12,14,16-17H,6-9,11H2,1-2H3. The fraction of sp³-hybridized carbons (Fsp3) is 0.600. The highest BCUT2D eigenvalue weighted by Crippen LogP contribution is 2.25. The van der Waals surface area contributed by atoms with E-state index >= 15 is 0 Å². The van der Waals surface area contributed by atoms with Gasteiger partial charge in [-0.25, -0.2) is 0 Å². The summed E-state index contributed by atoms with van der Waals surface area (Å²) in [5.41, 5.74) is 2.93. The van der Waals surface area contributed by atoms with Crippen molar-refractivity contribution < 1.29 is 0 Å². The average Bonchev–Trinajstić information content (AvgIpc) is 2.38. The molecular weight excluding hydrogens is 208 g/mol. The van der Waals surface area contributed by atoms with Gasteiger partial charge in [-0.3, -0.25) is 0 Å². The molecule has 2 nitrogen and oxygen atoms in total. The quantitative estimate of drug-likeness (QED) is 0.834. The van der Waals surface area contributed by atoms with E-state index in [1.807, 2.05) is 0 Å². The predicted molar refractivity (Wildman–Crippen MR) is 73.3 cm³/mol. The van der Waals surface area contributed by atoms with Gasteiger partial charge in [0.2, 0.25) is 0 Å². The number of piperidine rings is 1. The van der Waals surface area contributed by atoms with E-state index in [-0.39, 0.29) is 0 Å². The van der Waals surface area contributed by atoms with E-state index in [0.29, 0.717) is 6.04 Å². The normalized spacial score (nSPS) is 17.6. The maximum atomic E-state index is 3.48. The molecule has 2 heteroatoms. The van der Waals surface area contributed by atoms with Crippen LogP contribution in [0, 0.1) is 0 Å². The molecule has 0 radical (unpaired) electrons. The van der Waals surface area contributed by atoms with E-state index in [0.717, 1.165) is 12.5 Å². The van der Waals surface area contributed by atoms with Gasteiger partial charge < -0.3 is 10.6 Å². The minimum atomic E-state index is 0.553. The van der Waals surface area contributed by atoms with Crippen LogP contribution in [0.25, 0.3) is 0 Å². The lowest BCUT2D eigenvalue weighted by molar-refractivity contribution is 0.460. The summed E-state index contributed by atoms with van der Waals surface area (Å²) in [5.74, 6) is 0.759. The van der Waals surface area contributed by atoms with Crippen LogP contribution >= 0.6 is 0 Å². The molecule has 1 aliphatic heterocycles. The summed E-state index contributed by atoms with van der Waals surface area (Å²) < 4.78 is 0. The molecule has 1 fully saturated rings. The van der Waals surface area contributed by atoms with Crippen molar-refractivity contribution in [3.05, 3.63) is 35.4 Å². The fourth-order valence-electron chi connectivity index (χ4n) is 2.43. The molecule has 17 heavy (non-hydrogen) atoms. The van der Waals surface area contributed by atoms with Crippen molar-refractivity contribution in [1.82, 2.24) is 10.6 Å². The van der Waals surface area contributed by atoms with Gasteiger partial charge in [-0.2, -0.15) is 0 Å². The zero-order valence-electron chi connectivity index (χ0n) is 11.0. The van der Waals surface area contributed by atoms with E-state index in [1.54, 1.807) is 0 Å². The van der Waals surface area contributed by atoms with Crippen LogP contribution in [0.5, 0.6) is 0 Å². The second-order valence-electron chi connectivity index (χ2n) is 5.30. The van der Waals surface area contributed by atoms with Crippen LogP contribution in [0.3, 0.4) is 0 Å². The van der Waals surface area contributed by atoms with Crippen LogP contribution in [-0.4, -0.2) is 19.1 Å². The van der Waals surface area contributed by atoms with Crippen LogP contribution in [-0.2, 0) is 6.54 Å². The summed E-state index contributed by atoms with van der Waals surface area (Å²) in [6, 6.07) is 9.65.